The van der Waals surface area contributed by atoms with Gasteiger partial charge in [-0.15, -0.1) is 0 Å². The number of nitrogens with one attached hydrogen (secondary N) is 1. The molecule has 0 bridgehead atoms. The molecule has 1 aliphatic carbocycles. The molecule has 0 radical (unpaired) electrons. The van der Waals surface area contributed by atoms with Gasteiger partial charge in [-0.3, -0.25) is 9.59 Å². The zero-order valence-corrected chi connectivity index (χ0v) is 6.04. The predicted octanol–water partition coefficient (Wildman–Crippen LogP) is -0.122. The summed E-state index contributed by atoms with van der Waals surface area (Å²) in [7, 11) is 0. The second-order valence-electron chi connectivity index (χ2n) is 2.99. The fourth-order valence-electron chi connectivity index (χ4n) is 1.69. The molecule has 0 aromatic carbocycles. The van der Waals surface area contributed by atoms with Crippen LogP contribution >= 0.6 is 0 Å². The van der Waals surface area contributed by atoms with Gasteiger partial charge < -0.3 is 5.32 Å². The minimum atomic E-state index is -0.375. The van der Waals surface area contributed by atoms with Crippen LogP contribution in [0.2, 0.25) is 0 Å². The van der Waals surface area contributed by atoms with Crippen molar-refractivity contribution in [1.82, 2.24) is 5.32 Å². The summed E-state index contributed by atoms with van der Waals surface area (Å²) < 4.78 is 0. The van der Waals surface area contributed by atoms with Crippen LogP contribution in [0.1, 0.15) is 6.42 Å². The summed E-state index contributed by atoms with van der Waals surface area (Å²) in [5.74, 6) is -0.277. The topological polar surface area (TPSA) is 46.2 Å². The number of carbonyl (C=O) groups excluding carboxylic acids is 2. The highest BCUT2D eigenvalue weighted by molar-refractivity contribution is 6.04. The van der Waals surface area contributed by atoms with Crippen molar-refractivity contribution in [2.24, 2.45) is 11.8 Å². The number of hydrogen-bond donors (Lipinski definition) is 1. The fourth-order valence-corrected chi connectivity index (χ4v) is 1.69. The Balaban J connectivity index is 2.31. The number of allylic oxidation sites excluding steroid dienone is 1. The normalized spacial score (nSPS) is 35.3. The van der Waals surface area contributed by atoms with E-state index in [-0.39, 0.29) is 23.5 Å². The Kier molecular flexibility index (Phi) is 1.31. The van der Waals surface area contributed by atoms with Crippen molar-refractivity contribution in [2.45, 2.75) is 6.42 Å². The smallest absolute Gasteiger partial charge is 0.231 e. The summed E-state index contributed by atoms with van der Waals surface area (Å²) >= 11 is 0. The Labute approximate surface area is 64.5 Å². The molecule has 2 atom stereocenters. The molecule has 58 valence electrons. The molecule has 3 heteroatoms. The second-order valence-corrected chi connectivity index (χ2v) is 2.99. The zero-order valence-electron chi connectivity index (χ0n) is 6.04. The number of amides is 1. The van der Waals surface area contributed by atoms with E-state index >= 15 is 0 Å². The Morgan fingerprint density at radius 2 is 2.27 bits per heavy atom. The van der Waals surface area contributed by atoms with Gasteiger partial charge in [0.05, 0.1) is 0 Å². The van der Waals surface area contributed by atoms with Crippen LogP contribution in [0, 0.1) is 11.8 Å². The Morgan fingerprint density at radius 3 is 3.00 bits per heavy atom. The first-order chi connectivity index (χ1) is 5.29. The number of fused-ring (bicyclic) bond motifs is 1. The SMILES string of the molecule is O=C1CC=CC2CNC(=O)C12. The molecule has 1 saturated heterocycles. The van der Waals surface area contributed by atoms with Crippen molar-refractivity contribution in [3.8, 4) is 0 Å². The third-order valence-electron chi connectivity index (χ3n) is 2.27. The zero-order chi connectivity index (χ0) is 7.84. The van der Waals surface area contributed by atoms with Gasteiger partial charge in [0.25, 0.3) is 0 Å². The van der Waals surface area contributed by atoms with E-state index in [9.17, 15) is 9.59 Å². The molecule has 2 rings (SSSR count). The van der Waals surface area contributed by atoms with Crippen LogP contribution in [0.3, 0.4) is 0 Å². The van der Waals surface area contributed by atoms with E-state index in [0.717, 1.165) is 0 Å². The average Bonchev–Trinajstić information content (AvgIpc) is 2.34. The maximum atomic E-state index is 11.2. The van der Waals surface area contributed by atoms with Crippen LogP contribution in [0.4, 0.5) is 0 Å². The molecular formula is C8H9NO2. The van der Waals surface area contributed by atoms with Crippen molar-refractivity contribution >= 4 is 11.7 Å². The van der Waals surface area contributed by atoms with Gasteiger partial charge in [0.1, 0.15) is 11.7 Å². The number of ketones is 1. The molecule has 2 aliphatic rings. The van der Waals surface area contributed by atoms with Crippen LogP contribution in [0.25, 0.3) is 0 Å². The molecular weight excluding hydrogens is 142 g/mol. The monoisotopic (exact) mass is 151 g/mol. The lowest BCUT2D eigenvalue weighted by atomic mass is 9.85. The van der Waals surface area contributed by atoms with Crippen molar-refractivity contribution in [3.63, 3.8) is 0 Å². The van der Waals surface area contributed by atoms with Crippen LogP contribution < -0.4 is 5.32 Å². The Morgan fingerprint density at radius 1 is 1.45 bits per heavy atom. The highest BCUT2D eigenvalue weighted by Gasteiger charge is 2.39. The number of hydrogen-bond acceptors (Lipinski definition) is 2. The molecule has 1 heterocycles. The lowest BCUT2D eigenvalue weighted by molar-refractivity contribution is -0.132. The van der Waals surface area contributed by atoms with E-state index in [2.05, 4.69) is 5.32 Å². The van der Waals surface area contributed by atoms with E-state index < -0.39 is 0 Å². The number of rotatable bonds is 0. The van der Waals surface area contributed by atoms with Gasteiger partial charge in [-0.2, -0.15) is 0 Å². The predicted molar refractivity (Wildman–Crippen MR) is 38.8 cm³/mol. The van der Waals surface area contributed by atoms with E-state index in [1.165, 1.54) is 0 Å². The molecule has 1 fully saturated rings. The maximum absolute atomic E-state index is 11.2. The van der Waals surface area contributed by atoms with Crippen LogP contribution in [-0.2, 0) is 9.59 Å². The van der Waals surface area contributed by atoms with Crippen LogP contribution in [0.5, 0.6) is 0 Å². The third kappa shape index (κ3) is 0.878. The average molecular weight is 151 g/mol. The Hall–Kier alpha value is -1.12. The molecule has 3 nitrogen and oxygen atoms in total. The van der Waals surface area contributed by atoms with Crippen molar-refractivity contribution in [2.75, 3.05) is 6.54 Å². The van der Waals surface area contributed by atoms with Gasteiger partial charge >= 0.3 is 0 Å². The largest absolute Gasteiger partial charge is 0.355 e. The number of Topliss-reactive ketones (excluding diaryl/α,β-unsaturated/α-hetero) is 1. The van der Waals surface area contributed by atoms with E-state index in [0.29, 0.717) is 13.0 Å². The molecule has 0 aromatic heterocycles. The van der Waals surface area contributed by atoms with Gasteiger partial charge in [0.15, 0.2) is 0 Å². The van der Waals surface area contributed by atoms with Crippen LogP contribution in [0.15, 0.2) is 12.2 Å². The van der Waals surface area contributed by atoms with E-state index in [1.54, 1.807) is 0 Å². The molecule has 0 saturated carbocycles. The number of carbonyl (C=O) groups is 2. The quantitative estimate of drug-likeness (QED) is 0.387. The minimum Gasteiger partial charge on any atom is -0.355 e. The minimum absolute atomic E-state index is 0.0625. The molecule has 2 unspecified atom stereocenters. The molecule has 0 aromatic rings. The van der Waals surface area contributed by atoms with Crippen LogP contribution in [-0.4, -0.2) is 18.2 Å². The summed E-state index contributed by atoms with van der Waals surface area (Å²) in [5, 5.41) is 2.68. The summed E-state index contributed by atoms with van der Waals surface area (Å²) in [5.41, 5.74) is 0. The van der Waals surface area contributed by atoms with Gasteiger partial charge in [0, 0.05) is 18.9 Å². The first-order valence-electron chi connectivity index (χ1n) is 3.76. The first kappa shape index (κ1) is 6.58. The highest BCUT2D eigenvalue weighted by Crippen LogP contribution is 2.25. The standard InChI is InChI=1S/C8H9NO2/c10-6-3-1-2-5-4-9-8(11)7(5)6/h1-2,5,7H,3-4H2,(H,9,11). The maximum Gasteiger partial charge on any atom is 0.231 e. The summed E-state index contributed by atoms with van der Waals surface area (Å²) in [6.07, 6.45) is 4.24. The van der Waals surface area contributed by atoms with Gasteiger partial charge in [0.2, 0.25) is 5.91 Å². The highest BCUT2D eigenvalue weighted by atomic mass is 16.2. The van der Waals surface area contributed by atoms with Gasteiger partial charge in [-0.1, -0.05) is 12.2 Å². The second kappa shape index (κ2) is 2.19. The van der Waals surface area contributed by atoms with E-state index in [4.69, 9.17) is 0 Å². The lowest BCUT2D eigenvalue weighted by Crippen LogP contribution is -2.28. The molecule has 1 amide bonds. The fraction of sp³-hybridized carbons (Fsp3) is 0.500. The van der Waals surface area contributed by atoms with Crippen molar-refractivity contribution in [3.05, 3.63) is 12.2 Å². The van der Waals surface area contributed by atoms with Gasteiger partial charge in [-0.05, 0) is 0 Å². The summed E-state index contributed by atoms with van der Waals surface area (Å²) in [6.45, 7) is 0.631. The van der Waals surface area contributed by atoms with E-state index in [1.807, 2.05) is 12.2 Å². The molecule has 1 aliphatic heterocycles. The van der Waals surface area contributed by atoms with Crippen molar-refractivity contribution in [1.29, 1.82) is 0 Å². The third-order valence-corrected chi connectivity index (χ3v) is 2.27. The summed E-state index contributed by atoms with van der Waals surface area (Å²) in [4.78, 5) is 22.2. The Bertz CT molecular complexity index is 244. The molecule has 0 spiro atoms. The summed E-state index contributed by atoms with van der Waals surface area (Å²) in [6, 6.07) is 0. The lowest BCUT2D eigenvalue weighted by Gasteiger charge is -2.14. The molecule has 1 N–H and O–H groups in total. The molecule has 11 heavy (non-hydrogen) atoms. The first-order valence-corrected chi connectivity index (χ1v) is 3.76. The van der Waals surface area contributed by atoms with Gasteiger partial charge in [-0.25, -0.2) is 0 Å². The van der Waals surface area contributed by atoms with Crippen molar-refractivity contribution < 1.29 is 9.59 Å².